The molecule has 0 aliphatic heterocycles. The van der Waals surface area contributed by atoms with Crippen molar-refractivity contribution >= 4 is 39.8 Å². The quantitative estimate of drug-likeness (QED) is 0.807. The van der Waals surface area contributed by atoms with Crippen LogP contribution in [0, 0.1) is 0 Å². The van der Waals surface area contributed by atoms with Crippen LogP contribution >= 0.6 is 23.2 Å². The maximum absolute atomic E-state index is 11.9. The highest BCUT2D eigenvalue weighted by atomic mass is 35.5. The number of fused-ring (bicyclic) bond motifs is 1. The molecular formula is C16H12Cl2N2O. The Morgan fingerprint density at radius 3 is 2.76 bits per heavy atom. The number of quaternary nitrogens is 1. The molecule has 0 aliphatic carbocycles. The smallest absolute Gasteiger partial charge is 0.149 e. The van der Waals surface area contributed by atoms with Crippen molar-refractivity contribution in [2.24, 2.45) is 0 Å². The Morgan fingerprint density at radius 2 is 1.90 bits per heavy atom. The van der Waals surface area contributed by atoms with Gasteiger partial charge in [0.2, 0.25) is 0 Å². The molecule has 3 rings (SSSR count). The van der Waals surface area contributed by atoms with Gasteiger partial charge < -0.3 is 10.4 Å². The van der Waals surface area contributed by atoms with E-state index in [2.05, 4.69) is 4.98 Å². The summed E-state index contributed by atoms with van der Waals surface area (Å²) in [6.07, 6.45) is 1.79. The molecule has 21 heavy (non-hydrogen) atoms. The second-order valence-corrected chi connectivity index (χ2v) is 5.59. The predicted octanol–water partition coefficient (Wildman–Crippen LogP) is 3.01. The Hall–Kier alpha value is -1.81. The summed E-state index contributed by atoms with van der Waals surface area (Å²) in [4.78, 5) is 4.39. The number of hydrogen-bond acceptors (Lipinski definition) is 2. The molecule has 1 heterocycles. The molecule has 0 unspecified atom stereocenters. The number of benzene rings is 2. The van der Waals surface area contributed by atoms with Crippen LogP contribution in [0.1, 0.15) is 5.56 Å². The second-order valence-electron chi connectivity index (χ2n) is 4.75. The minimum Gasteiger partial charge on any atom is -0.871 e. The van der Waals surface area contributed by atoms with Crippen LogP contribution in [0.3, 0.4) is 0 Å². The van der Waals surface area contributed by atoms with Crippen molar-refractivity contribution in [1.29, 1.82) is 0 Å². The first-order chi connectivity index (χ1) is 10.1. The molecule has 0 bridgehead atoms. The zero-order valence-electron chi connectivity index (χ0n) is 11.0. The van der Waals surface area contributed by atoms with E-state index in [1.807, 2.05) is 35.6 Å². The number of aromatic nitrogens is 1. The van der Waals surface area contributed by atoms with E-state index >= 15 is 0 Å². The van der Waals surface area contributed by atoms with Gasteiger partial charge in [0.15, 0.2) is 0 Å². The Morgan fingerprint density at radius 1 is 1.10 bits per heavy atom. The standard InChI is InChI=1S/C16H12Cl2N2O/c17-12-5-11(16(21)14(18)7-12)8-19-13-6-10-3-1-2-4-15(10)20-9-13/h1-7,9,19,21H,8H2. The number of nitrogens with zero attached hydrogens (tertiary/aromatic N) is 1. The summed E-state index contributed by atoms with van der Waals surface area (Å²) < 4.78 is 0. The van der Waals surface area contributed by atoms with Crippen LogP contribution in [-0.4, -0.2) is 4.98 Å². The first-order valence-corrected chi connectivity index (χ1v) is 7.22. The van der Waals surface area contributed by atoms with Crippen molar-refractivity contribution in [3.63, 3.8) is 0 Å². The lowest BCUT2D eigenvalue weighted by atomic mass is 10.2. The van der Waals surface area contributed by atoms with Crippen LogP contribution < -0.4 is 10.4 Å². The van der Waals surface area contributed by atoms with Gasteiger partial charge in [-0.2, -0.15) is 0 Å². The van der Waals surface area contributed by atoms with E-state index in [9.17, 15) is 5.11 Å². The molecule has 2 N–H and O–H groups in total. The van der Waals surface area contributed by atoms with Gasteiger partial charge >= 0.3 is 0 Å². The second kappa shape index (κ2) is 5.90. The predicted molar refractivity (Wildman–Crippen MR) is 82.9 cm³/mol. The van der Waals surface area contributed by atoms with E-state index in [1.54, 1.807) is 12.3 Å². The highest BCUT2D eigenvalue weighted by Crippen LogP contribution is 2.28. The first-order valence-electron chi connectivity index (χ1n) is 6.46. The molecular weight excluding hydrogens is 307 g/mol. The topological polar surface area (TPSA) is 52.6 Å². The summed E-state index contributed by atoms with van der Waals surface area (Å²) in [6, 6.07) is 13.1. The molecule has 2 aromatic carbocycles. The number of nitrogens with two attached hydrogens (primary N) is 1. The lowest BCUT2D eigenvalue weighted by Gasteiger charge is -2.14. The molecule has 106 valence electrons. The summed E-state index contributed by atoms with van der Waals surface area (Å²) in [5, 5.41) is 15.6. The Bertz CT molecular complexity index is 805. The average molecular weight is 319 g/mol. The largest absolute Gasteiger partial charge is 0.871 e. The monoisotopic (exact) mass is 318 g/mol. The van der Waals surface area contributed by atoms with Crippen molar-refractivity contribution in [2.75, 3.05) is 0 Å². The van der Waals surface area contributed by atoms with Crippen molar-refractivity contribution in [2.45, 2.75) is 6.54 Å². The first kappa shape index (κ1) is 14.1. The molecule has 0 radical (unpaired) electrons. The summed E-state index contributed by atoms with van der Waals surface area (Å²) in [5.74, 6) is -0.175. The van der Waals surface area contributed by atoms with E-state index in [-0.39, 0.29) is 10.8 Å². The zero-order chi connectivity index (χ0) is 14.8. The molecule has 1 aromatic heterocycles. The van der Waals surface area contributed by atoms with Gasteiger partial charge in [-0.25, -0.2) is 0 Å². The normalized spacial score (nSPS) is 11.0. The van der Waals surface area contributed by atoms with Gasteiger partial charge in [0.1, 0.15) is 12.2 Å². The minimum atomic E-state index is -0.175. The van der Waals surface area contributed by atoms with Gasteiger partial charge in [0, 0.05) is 27.1 Å². The number of pyridine rings is 1. The molecule has 3 nitrogen and oxygen atoms in total. The van der Waals surface area contributed by atoms with Gasteiger partial charge in [0.05, 0.1) is 11.7 Å². The summed E-state index contributed by atoms with van der Waals surface area (Å²) in [5.41, 5.74) is 2.50. The van der Waals surface area contributed by atoms with Crippen LogP contribution in [0.2, 0.25) is 10.0 Å². The zero-order valence-corrected chi connectivity index (χ0v) is 12.5. The number of rotatable bonds is 3. The molecule has 0 saturated heterocycles. The van der Waals surface area contributed by atoms with Crippen LogP contribution in [0.15, 0.2) is 48.7 Å². The fraction of sp³-hybridized carbons (Fsp3) is 0.0625. The molecule has 0 spiro atoms. The van der Waals surface area contributed by atoms with Gasteiger partial charge in [-0.05, 0) is 18.2 Å². The number of para-hydroxylation sites is 1. The van der Waals surface area contributed by atoms with Crippen molar-refractivity contribution in [1.82, 2.24) is 4.98 Å². The third-order valence-corrected chi connectivity index (χ3v) is 3.75. The van der Waals surface area contributed by atoms with Gasteiger partial charge in [-0.3, -0.25) is 4.98 Å². The summed E-state index contributed by atoms with van der Waals surface area (Å²) in [7, 11) is 0. The van der Waals surface area contributed by atoms with Crippen molar-refractivity contribution in [3.05, 3.63) is 64.3 Å². The van der Waals surface area contributed by atoms with E-state index in [1.165, 1.54) is 6.07 Å². The highest BCUT2D eigenvalue weighted by Gasteiger charge is 2.05. The van der Waals surface area contributed by atoms with Crippen LogP contribution in [0.5, 0.6) is 5.75 Å². The molecule has 0 amide bonds. The summed E-state index contributed by atoms with van der Waals surface area (Å²) >= 11 is 11.8. The lowest BCUT2D eigenvalue weighted by molar-refractivity contribution is -0.589. The number of halogens is 2. The Labute approximate surface area is 132 Å². The SMILES string of the molecule is [O-]c1c(Cl)cc(Cl)cc1C[NH2+]c1cnc2ccccc2c1. The average Bonchev–Trinajstić information content (AvgIpc) is 2.49. The fourth-order valence-corrected chi connectivity index (χ4v) is 2.73. The fourth-order valence-electron chi connectivity index (χ4n) is 2.19. The van der Waals surface area contributed by atoms with Gasteiger partial charge in [0.25, 0.3) is 0 Å². The molecule has 3 aromatic rings. The third kappa shape index (κ3) is 3.10. The molecule has 0 saturated carbocycles. The van der Waals surface area contributed by atoms with Crippen molar-refractivity contribution in [3.8, 4) is 5.75 Å². The van der Waals surface area contributed by atoms with E-state index < -0.39 is 0 Å². The highest BCUT2D eigenvalue weighted by molar-refractivity contribution is 6.35. The Kier molecular flexibility index (Phi) is 3.97. The van der Waals surface area contributed by atoms with Gasteiger partial charge in [-0.15, -0.1) is 0 Å². The summed E-state index contributed by atoms with van der Waals surface area (Å²) in [6.45, 7) is 0.471. The Balaban J connectivity index is 1.83. The third-order valence-electron chi connectivity index (χ3n) is 3.25. The van der Waals surface area contributed by atoms with Crippen molar-refractivity contribution < 1.29 is 10.4 Å². The minimum absolute atomic E-state index is 0.155. The van der Waals surface area contributed by atoms with Crippen LogP contribution in [0.4, 0.5) is 5.69 Å². The van der Waals surface area contributed by atoms with E-state index in [4.69, 9.17) is 23.2 Å². The number of hydrogen-bond donors (Lipinski definition) is 1. The lowest BCUT2D eigenvalue weighted by Crippen LogP contribution is -2.76. The molecule has 0 atom stereocenters. The van der Waals surface area contributed by atoms with Crippen LogP contribution in [0.25, 0.3) is 10.9 Å². The maximum Gasteiger partial charge on any atom is 0.149 e. The maximum atomic E-state index is 11.9. The van der Waals surface area contributed by atoms with E-state index in [0.29, 0.717) is 17.1 Å². The molecule has 0 fully saturated rings. The molecule has 0 aliphatic rings. The molecule has 5 heteroatoms. The van der Waals surface area contributed by atoms with E-state index in [0.717, 1.165) is 16.6 Å². The van der Waals surface area contributed by atoms with Crippen LogP contribution in [-0.2, 0) is 6.54 Å². The van der Waals surface area contributed by atoms with Gasteiger partial charge in [-0.1, -0.05) is 47.2 Å².